The molecule has 0 spiro atoms. The number of nitrogens with one attached hydrogen (secondary N) is 2. The monoisotopic (exact) mass is 398 g/mol. The van der Waals surface area contributed by atoms with Gasteiger partial charge in [0, 0.05) is 18.4 Å². The summed E-state index contributed by atoms with van der Waals surface area (Å²) >= 11 is 0. The number of carbonyl (C=O) groups excluding carboxylic acids is 1. The number of anilines is 1. The molecule has 0 radical (unpaired) electrons. The Kier molecular flexibility index (Phi) is 8.57. The summed E-state index contributed by atoms with van der Waals surface area (Å²) in [4.78, 5) is 12.0. The summed E-state index contributed by atoms with van der Waals surface area (Å²) < 4.78 is 28.8. The van der Waals surface area contributed by atoms with Gasteiger partial charge in [-0.2, -0.15) is 0 Å². The van der Waals surface area contributed by atoms with Crippen molar-refractivity contribution in [2.45, 2.75) is 17.7 Å². The maximum atomic E-state index is 11.8. The first kappa shape index (κ1) is 22.0. The van der Waals surface area contributed by atoms with Gasteiger partial charge in [-0.1, -0.05) is 6.07 Å². The average molecular weight is 399 g/mol. The second kappa shape index (κ2) is 10.2. The standard InChI is InChI=1S/C18H22N2O4S.ClH/c1-19-12-4-7-18(21)20-14-8-10-15(11-9-14)24-16-5-3-6-17(13-16)25(2,22)23;/h3,5-6,8-11,13,19H,4,7,12H2,1-2H3,(H,20,21);1H. The van der Waals surface area contributed by atoms with E-state index in [4.69, 9.17) is 4.74 Å². The second-order valence-electron chi connectivity index (χ2n) is 5.63. The molecule has 2 rings (SSSR count). The van der Waals surface area contributed by atoms with Gasteiger partial charge in [0.2, 0.25) is 5.91 Å². The number of ether oxygens (including phenoxy) is 1. The Hall–Kier alpha value is -2.09. The van der Waals surface area contributed by atoms with Gasteiger partial charge < -0.3 is 15.4 Å². The molecule has 0 aliphatic carbocycles. The van der Waals surface area contributed by atoms with Crippen LogP contribution in [0.4, 0.5) is 5.69 Å². The number of rotatable bonds is 8. The molecular weight excluding hydrogens is 376 g/mol. The summed E-state index contributed by atoms with van der Waals surface area (Å²) in [7, 11) is -1.43. The number of amides is 1. The number of benzene rings is 2. The number of halogens is 1. The summed E-state index contributed by atoms with van der Waals surface area (Å²) in [6, 6.07) is 13.2. The van der Waals surface area contributed by atoms with Gasteiger partial charge in [0.25, 0.3) is 0 Å². The molecular formula is C18H23ClN2O4S. The zero-order valence-corrected chi connectivity index (χ0v) is 16.3. The quantitative estimate of drug-likeness (QED) is 0.667. The number of carbonyl (C=O) groups is 1. The van der Waals surface area contributed by atoms with Crippen LogP contribution >= 0.6 is 12.4 Å². The van der Waals surface area contributed by atoms with E-state index in [0.717, 1.165) is 19.2 Å². The van der Waals surface area contributed by atoms with Crippen molar-refractivity contribution in [3.05, 3.63) is 48.5 Å². The van der Waals surface area contributed by atoms with Gasteiger partial charge in [-0.25, -0.2) is 8.42 Å². The minimum Gasteiger partial charge on any atom is -0.457 e. The van der Waals surface area contributed by atoms with Crippen LogP contribution < -0.4 is 15.4 Å². The molecule has 1 amide bonds. The van der Waals surface area contributed by atoms with Crippen molar-refractivity contribution >= 4 is 33.8 Å². The first-order valence-electron chi connectivity index (χ1n) is 7.91. The van der Waals surface area contributed by atoms with Crippen LogP contribution in [-0.4, -0.2) is 34.2 Å². The van der Waals surface area contributed by atoms with Gasteiger partial charge >= 0.3 is 0 Å². The van der Waals surface area contributed by atoms with Gasteiger partial charge in [-0.3, -0.25) is 4.79 Å². The van der Waals surface area contributed by atoms with Crippen LogP contribution in [0.2, 0.25) is 0 Å². The number of hydrogen-bond acceptors (Lipinski definition) is 5. The van der Waals surface area contributed by atoms with Gasteiger partial charge in [0.15, 0.2) is 9.84 Å². The van der Waals surface area contributed by atoms with Gasteiger partial charge in [-0.05, 0) is 62.5 Å². The first-order valence-corrected chi connectivity index (χ1v) is 9.80. The smallest absolute Gasteiger partial charge is 0.224 e. The van der Waals surface area contributed by atoms with E-state index in [-0.39, 0.29) is 23.2 Å². The van der Waals surface area contributed by atoms with Gasteiger partial charge in [0.1, 0.15) is 11.5 Å². The highest BCUT2D eigenvalue weighted by atomic mass is 35.5. The second-order valence-corrected chi connectivity index (χ2v) is 7.64. The highest BCUT2D eigenvalue weighted by molar-refractivity contribution is 7.90. The summed E-state index contributed by atoms with van der Waals surface area (Å²) in [6.45, 7) is 0.798. The van der Waals surface area contributed by atoms with E-state index in [1.807, 2.05) is 7.05 Å². The molecule has 2 aromatic carbocycles. The Morgan fingerprint density at radius 2 is 1.77 bits per heavy atom. The van der Waals surface area contributed by atoms with Crippen molar-refractivity contribution in [3.63, 3.8) is 0 Å². The first-order chi connectivity index (χ1) is 11.9. The van der Waals surface area contributed by atoms with Crippen molar-refractivity contribution in [3.8, 4) is 11.5 Å². The maximum Gasteiger partial charge on any atom is 0.224 e. The molecule has 0 atom stereocenters. The van der Waals surface area contributed by atoms with E-state index in [2.05, 4.69) is 10.6 Å². The fourth-order valence-electron chi connectivity index (χ4n) is 2.16. The van der Waals surface area contributed by atoms with E-state index in [1.165, 1.54) is 12.1 Å². The van der Waals surface area contributed by atoms with Crippen LogP contribution in [0.25, 0.3) is 0 Å². The molecule has 2 N–H and O–H groups in total. The van der Waals surface area contributed by atoms with Crippen LogP contribution in [-0.2, 0) is 14.6 Å². The molecule has 0 aromatic heterocycles. The number of sulfone groups is 1. The van der Waals surface area contributed by atoms with Crippen LogP contribution in [0, 0.1) is 0 Å². The van der Waals surface area contributed by atoms with Crippen LogP contribution in [0.5, 0.6) is 11.5 Å². The summed E-state index contributed by atoms with van der Waals surface area (Å²) in [5, 5.41) is 5.82. The Morgan fingerprint density at radius 1 is 1.08 bits per heavy atom. The molecule has 0 heterocycles. The fraction of sp³-hybridized carbons (Fsp3) is 0.278. The molecule has 0 aliphatic heterocycles. The predicted molar refractivity (Wildman–Crippen MR) is 105 cm³/mol. The van der Waals surface area contributed by atoms with Gasteiger partial charge in [0.05, 0.1) is 4.90 Å². The normalized spacial score (nSPS) is 10.7. The molecule has 0 bridgehead atoms. The SMILES string of the molecule is CNCCCC(=O)Nc1ccc(Oc2cccc(S(C)(=O)=O)c2)cc1.Cl. The Morgan fingerprint density at radius 3 is 2.38 bits per heavy atom. The Bertz CT molecular complexity index is 823. The van der Waals surface area contributed by atoms with E-state index < -0.39 is 9.84 Å². The molecule has 0 unspecified atom stereocenters. The largest absolute Gasteiger partial charge is 0.457 e. The van der Waals surface area contributed by atoms with Crippen molar-refractivity contribution in [1.29, 1.82) is 0 Å². The molecule has 26 heavy (non-hydrogen) atoms. The zero-order chi connectivity index (χ0) is 18.3. The van der Waals surface area contributed by atoms with Crippen molar-refractivity contribution in [2.75, 3.05) is 25.2 Å². The topological polar surface area (TPSA) is 84.5 Å². The lowest BCUT2D eigenvalue weighted by Gasteiger charge is -2.09. The molecule has 0 aliphatic rings. The lowest BCUT2D eigenvalue weighted by molar-refractivity contribution is -0.116. The van der Waals surface area contributed by atoms with Crippen molar-refractivity contribution < 1.29 is 17.9 Å². The van der Waals surface area contributed by atoms with E-state index in [0.29, 0.717) is 23.6 Å². The molecule has 2 aromatic rings. The summed E-state index contributed by atoms with van der Waals surface area (Å²) in [6.07, 6.45) is 2.39. The summed E-state index contributed by atoms with van der Waals surface area (Å²) in [5.41, 5.74) is 0.687. The fourth-order valence-corrected chi connectivity index (χ4v) is 2.82. The van der Waals surface area contributed by atoms with Crippen LogP contribution in [0.3, 0.4) is 0 Å². The van der Waals surface area contributed by atoms with E-state index in [1.54, 1.807) is 36.4 Å². The third-order valence-corrected chi connectivity index (χ3v) is 4.55. The third kappa shape index (κ3) is 7.03. The highest BCUT2D eigenvalue weighted by Crippen LogP contribution is 2.25. The zero-order valence-electron chi connectivity index (χ0n) is 14.7. The van der Waals surface area contributed by atoms with Crippen LogP contribution in [0.15, 0.2) is 53.4 Å². The molecule has 8 heteroatoms. The molecule has 0 saturated heterocycles. The van der Waals surface area contributed by atoms with Crippen molar-refractivity contribution in [2.24, 2.45) is 0 Å². The molecule has 6 nitrogen and oxygen atoms in total. The summed E-state index contributed by atoms with van der Waals surface area (Å²) in [5.74, 6) is 0.954. The maximum absolute atomic E-state index is 11.8. The van der Waals surface area contributed by atoms with E-state index in [9.17, 15) is 13.2 Å². The molecule has 142 valence electrons. The predicted octanol–water partition coefficient (Wildman–Crippen LogP) is 3.24. The highest BCUT2D eigenvalue weighted by Gasteiger charge is 2.08. The lowest BCUT2D eigenvalue weighted by atomic mass is 10.2. The molecule has 0 fully saturated rings. The van der Waals surface area contributed by atoms with Crippen LogP contribution in [0.1, 0.15) is 12.8 Å². The average Bonchev–Trinajstić information content (AvgIpc) is 2.56. The minimum absolute atomic E-state index is 0. The van der Waals surface area contributed by atoms with E-state index >= 15 is 0 Å². The van der Waals surface area contributed by atoms with Gasteiger partial charge in [-0.15, -0.1) is 12.4 Å². The minimum atomic E-state index is -3.28. The Labute approximate surface area is 160 Å². The number of hydrogen-bond donors (Lipinski definition) is 2. The van der Waals surface area contributed by atoms with Crippen molar-refractivity contribution in [1.82, 2.24) is 5.32 Å². The third-order valence-electron chi connectivity index (χ3n) is 3.44. The molecule has 0 saturated carbocycles. The lowest BCUT2D eigenvalue weighted by Crippen LogP contribution is -2.15. The Balaban J connectivity index is 0.00000338.